The third kappa shape index (κ3) is 4.22. The van der Waals surface area contributed by atoms with Crippen LogP contribution in [-0.2, 0) is 9.47 Å². The summed E-state index contributed by atoms with van der Waals surface area (Å²) in [5.74, 6) is -12.7. The zero-order valence-corrected chi connectivity index (χ0v) is 9.42. The van der Waals surface area contributed by atoms with E-state index >= 15 is 0 Å². The Kier molecular flexibility index (Phi) is 5.48. The molecule has 0 N–H and O–H groups in total. The van der Waals surface area contributed by atoms with Crippen LogP contribution in [0.1, 0.15) is 0 Å². The Hall–Kier alpha value is -1.57. The number of carbonyl (C=O) groups is 1. The molecule has 0 saturated carbocycles. The lowest BCUT2D eigenvalue weighted by atomic mass is 10.3. The predicted octanol–water partition coefficient (Wildman–Crippen LogP) is 4.13. The number of carbonyl (C=O) groups excluding carboxylic acids is 1. The van der Waals surface area contributed by atoms with Gasteiger partial charge in [-0.1, -0.05) is 0 Å². The van der Waals surface area contributed by atoms with E-state index in [9.17, 15) is 57.5 Å². The van der Waals surface area contributed by atoms with Gasteiger partial charge in [-0.3, -0.25) is 0 Å². The van der Waals surface area contributed by atoms with E-state index in [4.69, 9.17) is 0 Å². The van der Waals surface area contributed by atoms with Crippen molar-refractivity contribution in [3.05, 3.63) is 0 Å². The SMILES string of the molecule is O=C(OC(F)C(F)(F)C(F)(F)F)OC(F)C(F)(F)C(F)(F)F. The van der Waals surface area contributed by atoms with Gasteiger partial charge in [0.1, 0.15) is 0 Å². The topological polar surface area (TPSA) is 35.5 Å². The maximum absolute atomic E-state index is 12.4. The fourth-order valence-corrected chi connectivity index (χ4v) is 0.602. The Morgan fingerprint density at radius 3 is 1.05 bits per heavy atom. The summed E-state index contributed by atoms with van der Waals surface area (Å²) >= 11 is 0. The Bertz CT molecular complexity index is 363. The highest BCUT2D eigenvalue weighted by Gasteiger charge is 2.67. The van der Waals surface area contributed by atoms with E-state index in [1.807, 2.05) is 0 Å². The van der Waals surface area contributed by atoms with E-state index in [2.05, 4.69) is 9.47 Å². The number of halogens is 12. The second-order valence-corrected chi connectivity index (χ2v) is 3.36. The first kappa shape index (κ1) is 20.4. The smallest absolute Gasteiger partial charge is 0.392 e. The van der Waals surface area contributed by atoms with Crippen molar-refractivity contribution in [2.75, 3.05) is 0 Å². The molecule has 0 bridgehead atoms. The molecule has 2 unspecified atom stereocenters. The molecule has 2 atom stereocenters. The van der Waals surface area contributed by atoms with Crippen molar-refractivity contribution in [3.8, 4) is 0 Å². The molecule has 0 amide bonds. The van der Waals surface area contributed by atoms with E-state index in [0.717, 1.165) is 0 Å². The van der Waals surface area contributed by atoms with E-state index < -0.39 is 43.1 Å². The van der Waals surface area contributed by atoms with Gasteiger partial charge in [0.05, 0.1) is 0 Å². The molecule has 3 nitrogen and oxygen atoms in total. The van der Waals surface area contributed by atoms with Crippen molar-refractivity contribution in [3.63, 3.8) is 0 Å². The quantitative estimate of drug-likeness (QED) is 0.558. The van der Waals surface area contributed by atoms with Crippen LogP contribution in [0.5, 0.6) is 0 Å². The number of ether oxygens (including phenoxy) is 2. The average molecular weight is 362 g/mol. The van der Waals surface area contributed by atoms with Crippen LogP contribution in [0.4, 0.5) is 57.5 Å². The summed E-state index contributed by atoms with van der Waals surface area (Å²) in [6.07, 6.45) is -26.2. The van der Waals surface area contributed by atoms with Gasteiger partial charge in [-0.2, -0.15) is 52.7 Å². The van der Waals surface area contributed by atoms with Crippen molar-refractivity contribution in [2.45, 2.75) is 36.9 Å². The lowest BCUT2D eigenvalue weighted by molar-refractivity contribution is -0.345. The summed E-state index contributed by atoms with van der Waals surface area (Å²) in [7, 11) is 0. The van der Waals surface area contributed by atoms with Gasteiger partial charge in [-0.25, -0.2) is 4.79 Å². The van der Waals surface area contributed by atoms with Gasteiger partial charge in [0.25, 0.3) is 0 Å². The summed E-state index contributed by atoms with van der Waals surface area (Å²) in [5, 5.41) is 0. The van der Waals surface area contributed by atoms with Gasteiger partial charge >= 0.3 is 43.1 Å². The van der Waals surface area contributed by atoms with E-state index in [1.165, 1.54) is 0 Å². The first-order chi connectivity index (χ1) is 9.44. The Morgan fingerprint density at radius 2 is 0.864 bits per heavy atom. The number of hydrogen-bond acceptors (Lipinski definition) is 3. The van der Waals surface area contributed by atoms with Crippen LogP contribution in [0.2, 0.25) is 0 Å². The summed E-state index contributed by atoms with van der Waals surface area (Å²) < 4.78 is 148. The zero-order valence-electron chi connectivity index (χ0n) is 9.42. The predicted molar refractivity (Wildman–Crippen MR) is 39.4 cm³/mol. The molecule has 0 spiro atoms. The molecule has 0 radical (unpaired) electrons. The van der Waals surface area contributed by atoms with Crippen molar-refractivity contribution >= 4 is 6.16 Å². The highest BCUT2D eigenvalue weighted by Crippen LogP contribution is 2.41. The number of rotatable bonds is 4. The third-order valence-corrected chi connectivity index (χ3v) is 1.73. The monoisotopic (exact) mass is 362 g/mol. The van der Waals surface area contributed by atoms with Gasteiger partial charge < -0.3 is 9.47 Å². The van der Waals surface area contributed by atoms with Crippen LogP contribution in [0.25, 0.3) is 0 Å². The molecule has 0 aliphatic carbocycles. The molecule has 0 aromatic heterocycles. The molecule has 0 rings (SSSR count). The Labute approximate surface area is 111 Å². The second-order valence-electron chi connectivity index (χ2n) is 3.36. The van der Waals surface area contributed by atoms with E-state index in [0.29, 0.717) is 0 Å². The minimum atomic E-state index is -6.60. The Morgan fingerprint density at radius 1 is 0.636 bits per heavy atom. The van der Waals surface area contributed by atoms with Crippen LogP contribution in [-0.4, -0.2) is 43.1 Å². The van der Waals surface area contributed by atoms with E-state index in [1.54, 1.807) is 0 Å². The van der Waals surface area contributed by atoms with Crippen molar-refractivity contribution in [2.24, 2.45) is 0 Å². The van der Waals surface area contributed by atoms with Gasteiger partial charge in [0.15, 0.2) is 0 Å². The molecule has 15 heteroatoms. The van der Waals surface area contributed by atoms with Crippen LogP contribution in [0.15, 0.2) is 0 Å². The molecule has 0 saturated heterocycles. The molecular formula is C7H2F12O3. The van der Waals surface area contributed by atoms with Crippen LogP contribution in [0.3, 0.4) is 0 Å². The third-order valence-electron chi connectivity index (χ3n) is 1.73. The molecule has 0 aromatic rings. The largest absolute Gasteiger partial charge is 0.513 e. The first-order valence-electron chi connectivity index (χ1n) is 4.49. The fraction of sp³-hybridized carbons (Fsp3) is 0.857. The normalized spacial score (nSPS) is 16.9. The molecule has 0 aliphatic heterocycles. The Balaban J connectivity index is 4.85. The van der Waals surface area contributed by atoms with E-state index in [-0.39, 0.29) is 0 Å². The minimum absolute atomic E-state index is 2.48. The van der Waals surface area contributed by atoms with Crippen LogP contribution >= 0.6 is 0 Å². The minimum Gasteiger partial charge on any atom is -0.392 e. The van der Waals surface area contributed by atoms with Crippen molar-refractivity contribution < 1.29 is 67.0 Å². The molecule has 0 heterocycles. The molecule has 0 fully saturated rings. The molecule has 0 aliphatic rings. The standard InChI is InChI=1S/C7H2F12O3/c8-1(4(10,11)6(14,15)16)21-3(20)22-2(9)5(12,13)7(17,18)19/h1-2H. The zero-order chi connectivity index (χ0) is 18.1. The lowest BCUT2D eigenvalue weighted by Gasteiger charge is -2.24. The lowest BCUT2D eigenvalue weighted by Crippen LogP contribution is -2.49. The van der Waals surface area contributed by atoms with Gasteiger partial charge in [0, 0.05) is 0 Å². The van der Waals surface area contributed by atoms with Crippen molar-refractivity contribution in [1.82, 2.24) is 0 Å². The maximum atomic E-state index is 12.4. The average Bonchev–Trinajstić information content (AvgIpc) is 2.25. The molecule has 0 aromatic carbocycles. The van der Waals surface area contributed by atoms with Crippen molar-refractivity contribution in [1.29, 1.82) is 0 Å². The van der Waals surface area contributed by atoms with Crippen LogP contribution < -0.4 is 0 Å². The molecular weight excluding hydrogens is 360 g/mol. The maximum Gasteiger partial charge on any atom is 0.513 e. The van der Waals surface area contributed by atoms with Crippen LogP contribution in [0, 0.1) is 0 Å². The summed E-state index contributed by atoms with van der Waals surface area (Å²) in [6, 6.07) is 0. The molecule has 132 valence electrons. The summed E-state index contributed by atoms with van der Waals surface area (Å²) in [5.41, 5.74) is 0. The highest BCUT2D eigenvalue weighted by molar-refractivity contribution is 5.60. The van der Waals surface area contributed by atoms with Gasteiger partial charge in [0.2, 0.25) is 0 Å². The first-order valence-corrected chi connectivity index (χ1v) is 4.49. The van der Waals surface area contributed by atoms with Gasteiger partial charge in [-0.05, 0) is 0 Å². The number of hydrogen-bond donors (Lipinski definition) is 0. The molecule has 22 heavy (non-hydrogen) atoms. The number of alkyl halides is 12. The second kappa shape index (κ2) is 5.91. The highest BCUT2D eigenvalue weighted by atomic mass is 19.4. The fourth-order valence-electron chi connectivity index (χ4n) is 0.602. The summed E-state index contributed by atoms with van der Waals surface area (Å²) in [6.45, 7) is 0. The van der Waals surface area contributed by atoms with Gasteiger partial charge in [-0.15, -0.1) is 0 Å². The summed E-state index contributed by atoms with van der Waals surface area (Å²) in [4.78, 5) is 10.3.